The van der Waals surface area contributed by atoms with Crippen LogP contribution in [0, 0.1) is 27.7 Å². The number of carbonyl (C=O) groups is 1. The summed E-state index contributed by atoms with van der Waals surface area (Å²) in [6, 6.07) is 8.52. The van der Waals surface area contributed by atoms with Gasteiger partial charge in [-0.05, 0) is 33.3 Å². The lowest BCUT2D eigenvalue weighted by Crippen LogP contribution is -2.15. The van der Waals surface area contributed by atoms with Crippen LogP contribution >= 0.6 is 11.3 Å². The van der Waals surface area contributed by atoms with E-state index in [0.29, 0.717) is 11.6 Å². The van der Waals surface area contributed by atoms with Crippen molar-refractivity contribution in [3.8, 4) is 0 Å². The van der Waals surface area contributed by atoms with Gasteiger partial charge >= 0.3 is 0 Å². The van der Waals surface area contributed by atoms with Gasteiger partial charge in [0, 0.05) is 29.6 Å². The molecule has 0 bridgehead atoms. The Morgan fingerprint density at radius 1 is 1.12 bits per heavy atom. The highest BCUT2D eigenvalue weighted by atomic mass is 32.1. The number of nitrogens with one attached hydrogen (secondary N) is 1. The first-order valence-corrected chi connectivity index (χ1v) is 9.46. The molecule has 0 atom stereocenters. The second-order valence-corrected chi connectivity index (χ2v) is 7.77. The highest BCUT2D eigenvalue weighted by Crippen LogP contribution is 2.25. The van der Waals surface area contributed by atoms with E-state index in [0.717, 1.165) is 29.1 Å². The topological polar surface area (TPSA) is 59.8 Å². The fourth-order valence-electron chi connectivity index (χ4n) is 2.93. The van der Waals surface area contributed by atoms with Gasteiger partial charge in [-0.25, -0.2) is 4.98 Å². The third-order valence-corrected chi connectivity index (χ3v) is 5.69. The molecular formula is C20H24N4OS. The second kappa shape index (κ2) is 7.41. The van der Waals surface area contributed by atoms with Crippen LogP contribution < -0.4 is 5.32 Å². The maximum Gasteiger partial charge on any atom is 0.230 e. The minimum absolute atomic E-state index is 0.0557. The number of anilines is 1. The summed E-state index contributed by atoms with van der Waals surface area (Å²) in [6.45, 7) is 7.99. The molecule has 5 nitrogen and oxygen atoms in total. The minimum Gasteiger partial charge on any atom is -0.302 e. The van der Waals surface area contributed by atoms with Gasteiger partial charge in [-0.2, -0.15) is 5.10 Å². The number of nitrogens with zero attached hydrogens (tertiary/aromatic N) is 3. The third-order valence-electron chi connectivity index (χ3n) is 4.62. The molecule has 26 heavy (non-hydrogen) atoms. The van der Waals surface area contributed by atoms with Crippen molar-refractivity contribution in [2.45, 2.75) is 40.5 Å². The van der Waals surface area contributed by atoms with E-state index in [-0.39, 0.29) is 5.91 Å². The van der Waals surface area contributed by atoms with E-state index in [1.807, 2.05) is 32.5 Å². The van der Waals surface area contributed by atoms with E-state index in [1.54, 1.807) is 11.3 Å². The van der Waals surface area contributed by atoms with Crippen molar-refractivity contribution < 1.29 is 4.79 Å². The van der Waals surface area contributed by atoms with Crippen LogP contribution in [0.5, 0.6) is 0 Å². The van der Waals surface area contributed by atoms with Gasteiger partial charge in [0.1, 0.15) is 0 Å². The molecule has 0 unspecified atom stereocenters. The molecule has 0 aliphatic carbocycles. The standard InChI is InChI=1S/C20H24N4OS/c1-12-6-8-16(9-7-12)10-18-14(3)21-20(26-18)22-19(25)11-17-13(2)23-24(5)15(17)4/h6-9H,10-11H2,1-5H3,(H,21,22,25). The fraction of sp³-hybridized carbons (Fsp3) is 0.350. The molecule has 0 aliphatic heterocycles. The Labute approximate surface area is 158 Å². The van der Waals surface area contributed by atoms with Crippen molar-refractivity contribution in [2.24, 2.45) is 7.05 Å². The van der Waals surface area contributed by atoms with Gasteiger partial charge in [-0.1, -0.05) is 29.8 Å². The molecule has 2 heterocycles. The smallest absolute Gasteiger partial charge is 0.230 e. The molecule has 0 fully saturated rings. The Morgan fingerprint density at radius 3 is 2.42 bits per heavy atom. The lowest BCUT2D eigenvalue weighted by Gasteiger charge is -2.03. The number of aryl methyl sites for hydroxylation is 4. The Kier molecular flexibility index (Phi) is 5.23. The SMILES string of the molecule is Cc1ccc(Cc2sc(NC(=O)Cc3c(C)nn(C)c3C)nc2C)cc1. The fourth-order valence-corrected chi connectivity index (χ4v) is 3.95. The molecule has 1 amide bonds. The summed E-state index contributed by atoms with van der Waals surface area (Å²) in [5.74, 6) is -0.0557. The second-order valence-electron chi connectivity index (χ2n) is 6.69. The molecule has 6 heteroatoms. The normalized spacial score (nSPS) is 11.0. The molecule has 0 radical (unpaired) electrons. The Morgan fingerprint density at radius 2 is 1.81 bits per heavy atom. The summed E-state index contributed by atoms with van der Waals surface area (Å²) in [5.41, 5.74) is 6.38. The van der Waals surface area contributed by atoms with Crippen molar-refractivity contribution in [1.29, 1.82) is 0 Å². The van der Waals surface area contributed by atoms with Crippen LogP contribution in [-0.4, -0.2) is 20.7 Å². The molecule has 136 valence electrons. The maximum atomic E-state index is 12.4. The number of thiazole rings is 1. The highest BCUT2D eigenvalue weighted by Gasteiger charge is 2.16. The van der Waals surface area contributed by atoms with E-state index in [2.05, 4.69) is 46.6 Å². The zero-order valence-electron chi connectivity index (χ0n) is 15.9. The van der Waals surface area contributed by atoms with E-state index < -0.39 is 0 Å². The summed E-state index contributed by atoms with van der Waals surface area (Å²) >= 11 is 1.55. The monoisotopic (exact) mass is 368 g/mol. The molecule has 2 aromatic heterocycles. The largest absolute Gasteiger partial charge is 0.302 e. The van der Waals surface area contributed by atoms with Crippen molar-refractivity contribution in [2.75, 3.05) is 5.32 Å². The van der Waals surface area contributed by atoms with Crippen LogP contribution in [0.2, 0.25) is 0 Å². The van der Waals surface area contributed by atoms with Gasteiger partial charge in [-0.15, -0.1) is 11.3 Å². The molecule has 0 saturated carbocycles. The summed E-state index contributed by atoms with van der Waals surface area (Å²) in [5, 5.41) is 7.97. The van der Waals surface area contributed by atoms with Gasteiger partial charge in [0.15, 0.2) is 5.13 Å². The van der Waals surface area contributed by atoms with Crippen molar-refractivity contribution in [3.05, 3.63) is 62.9 Å². The molecule has 1 aromatic carbocycles. The van der Waals surface area contributed by atoms with Gasteiger partial charge in [0.2, 0.25) is 5.91 Å². The Balaban J connectivity index is 1.68. The van der Waals surface area contributed by atoms with Crippen molar-refractivity contribution in [3.63, 3.8) is 0 Å². The molecular weight excluding hydrogens is 344 g/mol. The summed E-state index contributed by atoms with van der Waals surface area (Å²) in [6.07, 6.45) is 1.15. The van der Waals surface area contributed by atoms with Crippen LogP contribution in [0.4, 0.5) is 5.13 Å². The number of hydrogen-bond acceptors (Lipinski definition) is 4. The Bertz CT molecular complexity index is 938. The average Bonchev–Trinajstić information content (AvgIpc) is 3.03. The van der Waals surface area contributed by atoms with Gasteiger partial charge < -0.3 is 5.32 Å². The molecule has 3 rings (SSSR count). The number of benzene rings is 1. The molecule has 0 spiro atoms. The van der Waals surface area contributed by atoms with Gasteiger partial charge in [0.05, 0.1) is 17.8 Å². The maximum absolute atomic E-state index is 12.4. The molecule has 1 N–H and O–H groups in total. The van der Waals surface area contributed by atoms with Crippen LogP contribution in [-0.2, 0) is 24.7 Å². The molecule has 0 aliphatic rings. The quantitative estimate of drug-likeness (QED) is 0.743. The highest BCUT2D eigenvalue weighted by molar-refractivity contribution is 7.15. The van der Waals surface area contributed by atoms with Crippen molar-refractivity contribution >= 4 is 22.4 Å². The Hall–Kier alpha value is -2.47. The number of aromatic nitrogens is 3. The molecule has 0 saturated heterocycles. The van der Waals surface area contributed by atoms with Crippen LogP contribution in [0.25, 0.3) is 0 Å². The summed E-state index contributed by atoms with van der Waals surface area (Å²) in [7, 11) is 1.89. The van der Waals surface area contributed by atoms with Gasteiger partial charge in [0.25, 0.3) is 0 Å². The zero-order valence-corrected chi connectivity index (χ0v) is 16.7. The number of rotatable bonds is 5. The van der Waals surface area contributed by atoms with E-state index >= 15 is 0 Å². The minimum atomic E-state index is -0.0557. The predicted molar refractivity (Wildman–Crippen MR) is 106 cm³/mol. The van der Waals surface area contributed by atoms with E-state index in [1.165, 1.54) is 16.0 Å². The first-order chi connectivity index (χ1) is 12.3. The van der Waals surface area contributed by atoms with Crippen LogP contribution in [0.1, 0.15) is 38.6 Å². The number of amides is 1. The molecule has 3 aromatic rings. The third kappa shape index (κ3) is 4.02. The lowest BCUT2D eigenvalue weighted by atomic mass is 10.1. The average molecular weight is 369 g/mol. The summed E-state index contributed by atoms with van der Waals surface area (Å²) < 4.78 is 1.81. The van der Waals surface area contributed by atoms with E-state index in [4.69, 9.17) is 0 Å². The first kappa shape index (κ1) is 18.3. The first-order valence-electron chi connectivity index (χ1n) is 8.64. The lowest BCUT2D eigenvalue weighted by molar-refractivity contribution is -0.115. The van der Waals surface area contributed by atoms with E-state index in [9.17, 15) is 4.79 Å². The van der Waals surface area contributed by atoms with Crippen LogP contribution in [0.3, 0.4) is 0 Å². The number of carbonyl (C=O) groups excluding carboxylic acids is 1. The van der Waals surface area contributed by atoms with Crippen molar-refractivity contribution in [1.82, 2.24) is 14.8 Å². The van der Waals surface area contributed by atoms with Crippen LogP contribution in [0.15, 0.2) is 24.3 Å². The number of hydrogen-bond donors (Lipinski definition) is 1. The summed E-state index contributed by atoms with van der Waals surface area (Å²) in [4.78, 5) is 18.1. The zero-order chi connectivity index (χ0) is 18.8. The van der Waals surface area contributed by atoms with Gasteiger partial charge in [-0.3, -0.25) is 9.48 Å². The predicted octanol–water partition coefficient (Wildman–Crippen LogP) is 3.88.